The lowest BCUT2D eigenvalue weighted by Crippen LogP contribution is -3.10. The van der Waals surface area contributed by atoms with Crippen LogP contribution in [0.1, 0.15) is 33.9 Å². The monoisotopic (exact) mass is 398 g/mol. The van der Waals surface area contributed by atoms with Gasteiger partial charge in [-0.05, 0) is 43.7 Å². The Morgan fingerprint density at radius 2 is 2.00 bits per heavy atom. The molecule has 0 saturated heterocycles. The number of carbonyl (C=O) groups is 2. The number of rotatable bonds is 6. The summed E-state index contributed by atoms with van der Waals surface area (Å²) in [4.78, 5) is 30.0. The number of methoxy groups -OCH3 is 1. The van der Waals surface area contributed by atoms with Crippen molar-refractivity contribution < 1.29 is 19.2 Å². The molecule has 1 amide bonds. The van der Waals surface area contributed by atoms with Crippen molar-refractivity contribution in [1.82, 2.24) is 4.98 Å². The second kappa shape index (κ2) is 8.50. The first kappa shape index (κ1) is 20.0. The molecule has 7 heteroatoms. The number of benzene rings is 2. The zero-order chi connectivity index (χ0) is 20.3. The van der Waals surface area contributed by atoms with Crippen LogP contribution in [0.4, 0.5) is 5.69 Å². The van der Waals surface area contributed by atoms with E-state index in [9.17, 15) is 9.59 Å². The van der Waals surface area contributed by atoms with Gasteiger partial charge in [0.05, 0.1) is 29.9 Å². The molecule has 0 radical (unpaired) electrons. The highest BCUT2D eigenvalue weighted by atomic mass is 32.1. The molecule has 0 saturated carbocycles. The highest BCUT2D eigenvalue weighted by Crippen LogP contribution is 2.24. The summed E-state index contributed by atoms with van der Waals surface area (Å²) in [7, 11) is 3.32. The molecule has 2 atom stereocenters. The van der Waals surface area contributed by atoms with E-state index in [0.717, 1.165) is 25.7 Å². The molecule has 6 nitrogen and oxygen atoms in total. The van der Waals surface area contributed by atoms with Gasteiger partial charge in [-0.1, -0.05) is 18.2 Å². The number of quaternary nitrogens is 1. The number of amides is 1. The number of thiazole rings is 1. The van der Waals surface area contributed by atoms with E-state index in [1.165, 1.54) is 7.11 Å². The Kier molecular flexibility index (Phi) is 6.06. The van der Waals surface area contributed by atoms with Crippen LogP contribution < -0.4 is 10.2 Å². The van der Waals surface area contributed by atoms with Crippen LogP contribution >= 0.6 is 11.3 Å². The lowest BCUT2D eigenvalue weighted by atomic mass is 10.1. The molecule has 0 fully saturated rings. The molecule has 146 valence electrons. The number of likely N-dealkylation sites (N-methyl/N-ethyl adjacent to an activating group) is 1. The number of esters is 1. The summed E-state index contributed by atoms with van der Waals surface area (Å²) in [6.45, 7) is 4.25. The second-order valence-electron chi connectivity index (χ2n) is 6.83. The topological polar surface area (TPSA) is 72.7 Å². The number of aromatic nitrogens is 1. The van der Waals surface area contributed by atoms with Crippen LogP contribution in [-0.2, 0) is 9.53 Å². The quantitative estimate of drug-likeness (QED) is 0.626. The molecule has 0 aliphatic heterocycles. The number of nitrogens with zero attached hydrogens (tertiary/aromatic N) is 1. The predicted octanol–water partition coefficient (Wildman–Crippen LogP) is 2.61. The third-order valence-corrected chi connectivity index (χ3v) is 6.01. The van der Waals surface area contributed by atoms with Crippen LogP contribution in [0.15, 0.2) is 42.5 Å². The predicted molar refractivity (Wildman–Crippen MR) is 111 cm³/mol. The smallest absolute Gasteiger partial charge is 0.337 e. The largest absolute Gasteiger partial charge is 0.465 e. The van der Waals surface area contributed by atoms with Crippen LogP contribution in [0.2, 0.25) is 0 Å². The van der Waals surface area contributed by atoms with E-state index in [-0.39, 0.29) is 11.9 Å². The molecule has 0 spiro atoms. The van der Waals surface area contributed by atoms with E-state index in [0.29, 0.717) is 17.8 Å². The molecule has 1 aromatic heterocycles. The van der Waals surface area contributed by atoms with Crippen LogP contribution in [0.3, 0.4) is 0 Å². The Morgan fingerprint density at radius 1 is 1.25 bits per heavy atom. The second-order valence-corrected chi connectivity index (χ2v) is 7.90. The summed E-state index contributed by atoms with van der Waals surface area (Å²) in [6, 6.07) is 13.3. The summed E-state index contributed by atoms with van der Waals surface area (Å²) >= 11 is 1.66. The van der Waals surface area contributed by atoms with Gasteiger partial charge in [0.2, 0.25) is 0 Å². The summed E-state index contributed by atoms with van der Waals surface area (Å²) in [6.07, 6.45) is 0. The van der Waals surface area contributed by atoms with Gasteiger partial charge in [0.1, 0.15) is 6.04 Å². The van der Waals surface area contributed by atoms with Crippen molar-refractivity contribution >= 4 is 39.1 Å². The van der Waals surface area contributed by atoms with E-state index >= 15 is 0 Å². The highest BCUT2D eigenvalue weighted by Gasteiger charge is 2.22. The molecule has 0 aliphatic rings. The fraction of sp³-hybridized carbons (Fsp3) is 0.286. The van der Waals surface area contributed by atoms with Crippen molar-refractivity contribution in [3.63, 3.8) is 0 Å². The molecular weight excluding hydrogens is 374 g/mol. The fourth-order valence-electron chi connectivity index (χ4n) is 2.89. The Labute approximate surface area is 168 Å². The SMILES string of the molecule is COC(=O)c1ccc(C)c(NC(=O)C[NH+](C)[C@@H](C)c2nc3ccccc3s2)c1. The maximum Gasteiger partial charge on any atom is 0.337 e. The van der Waals surface area contributed by atoms with Crippen molar-refractivity contribution in [3.05, 3.63) is 58.6 Å². The number of nitrogens with one attached hydrogen (secondary N) is 2. The number of hydrogen-bond donors (Lipinski definition) is 2. The van der Waals surface area contributed by atoms with Gasteiger partial charge in [0.15, 0.2) is 11.6 Å². The Hall–Kier alpha value is -2.77. The van der Waals surface area contributed by atoms with Crippen molar-refractivity contribution in [2.24, 2.45) is 0 Å². The number of ether oxygens (including phenoxy) is 1. The number of hydrogen-bond acceptors (Lipinski definition) is 5. The van der Waals surface area contributed by atoms with E-state index in [1.807, 2.05) is 32.2 Å². The van der Waals surface area contributed by atoms with Gasteiger partial charge in [-0.3, -0.25) is 4.79 Å². The van der Waals surface area contributed by atoms with Gasteiger partial charge in [-0.2, -0.15) is 0 Å². The summed E-state index contributed by atoms with van der Waals surface area (Å²) in [5.74, 6) is -0.543. The fourth-order valence-corrected chi connectivity index (χ4v) is 4.00. The van der Waals surface area contributed by atoms with E-state index in [1.54, 1.807) is 29.5 Å². The molecule has 2 aromatic carbocycles. The van der Waals surface area contributed by atoms with Crippen LogP contribution in [-0.4, -0.2) is 37.6 Å². The van der Waals surface area contributed by atoms with Crippen molar-refractivity contribution in [3.8, 4) is 0 Å². The van der Waals surface area contributed by atoms with Gasteiger partial charge in [-0.25, -0.2) is 9.78 Å². The average Bonchev–Trinajstić information content (AvgIpc) is 3.12. The highest BCUT2D eigenvalue weighted by molar-refractivity contribution is 7.18. The zero-order valence-electron chi connectivity index (χ0n) is 16.4. The third kappa shape index (κ3) is 4.37. The molecule has 2 N–H and O–H groups in total. The van der Waals surface area contributed by atoms with Crippen LogP contribution in [0.25, 0.3) is 10.2 Å². The molecular formula is C21H24N3O3S+. The van der Waals surface area contributed by atoms with E-state index in [4.69, 9.17) is 9.72 Å². The van der Waals surface area contributed by atoms with Crippen LogP contribution in [0, 0.1) is 6.92 Å². The van der Waals surface area contributed by atoms with Gasteiger partial charge >= 0.3 is 5.97 Å². The number of fused-ring (bicyclic) bond motifs is 1. The minimum atomic E-state index is -0.428. The molecule has 0 bridgehead atoms. The normalized spacial score (nSPS) is 13.1. The van der Waals surface area contributed by atoms with E-state index in [2.05, 4.69) is 18.3 Å². The van der Waals surface area contributed by atoms with E-state index < -0.39 is 5.97 Å². The summed E-state index contributed by atoms with van der Waals surface area (Å²) < 4.78 is 5.89. The number of aryl methyl sites for hydroxylation is 1. The van der Waals surface area contributed by atoms with Crippen LogP contribution in [0.5, 0.6) is 0 Å². The zero-order valence-corrected chi connectivity index (χ0v) is 17.2. The lowest BCUT2D eigenvalue weighted by Gasteiger charge is -2.19. The number of carbonyl (C=O) groups excluding carboxylic acids is 2. The first-order valence-corrected chi connectivity index (χ1v) is 9.87. The minimum absolute atomic E-state index is 0.0886. The molecule has 3 aromatic rings. The standard InChI is InChI=1S/C21H23N3O3S/c1-13-9-10-15(21(26)27-4)11-17(13)22-19(25)12-24(3)14(2)20-23-16-7-5-6-8-18(16)28-20/h5-11,14H,12H2,1-4H3,(H,22,25)/p+1/t14-/m0/s1. The number of para-hydroxylation sites is 1. The molecule has 28 heavy (non-hydrogen) atoms. The van der Waals surface area contributed by atoms with Gasteiger partial charge in [0.25, 0.3) is 5.91 Å². The molecule has 1 heterocycles. The third-order valence-electron chi connectivity index (χ3n) is 4.79. The van der Waals surface area contributed by atoms with Crippen molar-refractivity contribution in [2.75, 3.05) is 26.0 Å². The Morgan fingerprint density at radius 3 is 2.71 bits per heavy atom. The summed E-state index contributed by atoms with van der Waals surface area (Å²) in [5, 5.41) is 3.92. The van der Waals surface area contributed by atoms with Crippen molar-refractivity contribution in [2.45, 2.75) is 19.9 Å². The molecule has 1 unspecified atom stereocenters. The lowest BCUT2D eigenvalue weighted by molar-refractivity contribution is -0.902. The molecule has 3 rings (SSSR count). The first-order chi connectivity index (χ1) is 13.4. The Balaban J connectivity index is 1.68. The average molecular weight is 399 g/mol. The minimum Gasteiger partial charge on any atom is -0.465 e. The van der Waals surface area contributed by atoms with Gasteiger partial charge in [0, 0.05) is 5.69 Å². The van der Waals surface area contributed by atoms with Gasteiger partial charge in [-0.15, -0.1) is 11.3 Å². The maximum absolute atomic E-state index is 12.6. The Bertz CT molecular complexity index is 982. The number of anilines is 1. The maximum atomic E-state index is 12.6. The van der Waals surface area contributed by atoms with Gasteiger partial charge < -0.3 is 15.0 Å². The first-order valence-electron chi connectivity index (χ1n) is 9.05. The van der Waals surface area contributed by atoms with Crippen molar-refractivity contribution in [1.29, 1.82) is 0 Å². The molecule has 0 aliphatic carbocycles. The summed E-state index contributed by atoms with van der Waals surface area (Å²) in [5.41, 5.74) is 2.90.